The van der Waals surface area contributed by atoms with E-state index in [4.69, 9.17) is 18.7 Å². The topological polar surface area (TPSA) is 208 Å². The molecule has 218 valence electrons. The van der Waals surface area contributed by atoms with E-state index in [1.54, 1.807) is 13.8 Å². The van der Waals surface area contributed by atoms with Crippen LogP contribution in [-0.2, 0) is 32.9 Å². The molecule has 0 saturated heterocycles. The Morgan fingerprint density at radius 1 is 1.13 bits per heavy atom. The number of aliphatic hydroxyl groups is 2. The Labute approximate surface area is 218 Å². The number of nitrogens with one attached hydrogen (secondary N) is 3. The van der Waals surface area contributed by atoms with E-state index in [0.717, 1.165) is 16.8 Å². The molecule has 0 amide bonds. The molecule has 0 spiro atoms. The summed E-state index contributed by atoms with van der Waals surface area (Å²) in [6.45, 7) is 4.70. The van der Waals surface area contributed by atoms with Crippen molar-refractivity contribution in [2.24, 2.45) is 0 Å². The molecule has 1 rings (SSSR count). The maximum Gasteiger partial charge on any atom is 0.342 e. The Balaban J connectivity index is 3.30. The predicted molar refractivity (Wildman–Crippen MR) is 131 cm³/mol. The molecule has 0 aliphatic heterocycles. The largest absolute Gasteiger partial charge is 0.465 e. The highest BCUT2D eigenvalue weighted by atomic mass is 31.2. The van der Waals surface area contributed by atoms with Crippen LogP contribution in [0.2, 0.25) is 0 Å². The monoisotopic (exact) mass is 570 g/mol. The number of hydrogen-bond donors (Lipinski definition) is 5. The lowest BCUT2D eigenvalue weighted by atomic mass is 10.2. The van der Waals surface area contributed by atoms with Crippen molar-refractivity contribution in [3.8, 4) is 0 Å². The summed E-state index contributed by atoms with van der Waals surface area (Å²) in [5.74, 6) is -4.93. The molecule has 0 radical (unpaired) electrons. The van der Waals surface area contributed by atoms with Crippen LogP contribution < -0.4 is 21.4 Å². The molecular weight excluding hydrogens is 534 g/mol. The number of aliphatic hydroxyl groups excluding tert-OH is 2. The first kappa shape index (κ1) is 33.6. The van der Waals surface area contributed by atoms with Gasteiger partial charge in [-0.05, 0) is 34.1 Å². The summed E-state index contributed by atoms with van der Waals surface area (Å²) in [6.07, 6.45) is -2.68. The molecule has 0 bridgehead atoms. The van der Waals surface area contributed by atoms with Crippen molar-refractivity contribution in [1.82, 2.24) is 19.7 Å². The van der Waals surface area contributed by atoms with Crippen LogP contribution in [-0.4, -0.2) is 82.2 Å². The number of hydrogen-bond acceptors (Lipinski definition) is 11. The van der Waals surface area contributed by atoms with Gasteiger partial charge in [-0.15, -0.1) is 0 Å². The minimum Gasteiger partial charge on any atom is -0.465 e. The molecule has 3 unspecified atom stereocenters. The number of carbonyl (C=O) groups excluding carboxylic acids is 2. The van der Waals surface area contributed by atoms with E-state index >= 15 is 4.39 Å². The number of aromatic amines is 1. The highest BCUT2D eigenvalue weighted by Gasteiger charge is 2.45. The van der Waals surface area contributed by atoms with Gasteiger partial charge < -0.3 is 24.4 Å². The quantitative estimate of drug-likeness (QED) is 0.120. The summed E-state index contributed by atoms with van der Waals surface area (Å²) in [5.41, 5.74) is -1.65. The van der Waals surface area contributed by atoms with Gasteiger partial charge in [-0.2, -0.15) is 0 Å². The van der Waals surface area contributed by atoms with E-state index in [-0.39, 0.29) is 19.6 Å². The van der Waals surface area contributed by atoms with Crippen molar-refractivity contribution in [3.05, 3.63) is 33.1 Å². The highest BCUT2D eigenvalue weighted by Crippen LogP contribution is 2.42. The van der Waals surface area contributed by atoms with Crippen LogP contribution in [0.1, 0.15) is 47.3 Å². The van der Waals surface area contributed by atoms with Gasteiger partial charge >= 0.3 is 25.3 Å². The van der Waals surface area contributed by atoms with Gasteiger partial charge in [-0.25, -0.2) is 19.4 Å². The summed E-state index contributed by atoms with van der Waals surface area (Å²) < 4.78 is 50.7. The summed E-state index contributed by atoms with van der Waals surface area (Å²) in [6, 6.07) is -1.53. The number of rotatable bonds is 17. The molecule has 38 heavy (non-hydrogen) atoms. The molecule has 15 nitrogen and oxygen atoms in total. The maximum absolute atomic E-state index is 16.0. The zero-order chi connectivity index (χ0) is 29.1. The average molecular weight is 571 g/mol. The highest BCUT2D eigenvalue weighted by molar-refractivity contribution is 7.54. The Morgan fingerprint density at radius 2 is 1.66 bits per heavy atom. The maximum atomic E-state index is 16.0. The first-order valence-corrected chi connectivity index (χ1v) is 13.5. The van der Waals surface area contributed by atoms with Gasteiger partial charge in [0, 0.05) is 12.3 Å². The second-order valence-electron chi connectivity index (χ2n) is 8.01. The summed E-state index contributed by atoms with van der Waals surface area (Å²) in [7, 11) is -4.50. The molecule has 1 aromatic heterocycles. The van der Waals surface area contributed by atoms with Crippen molar-refractivity contribution in [3.63, 3.8) is 0 Å². The van der Waals surface area contributed by atoms with Crippen molar-refractivity contribution in [2.75, 3.05) is 26.4 Å². The molecule has 0 aliphatic carbocycles. The first-order chi connectivity index (χ1) is 17.8. The number of H-pyrrole nitrogens is 1. The molecule has 5 atom stereocenters. The van der Waals surface area contributed by atoms with E-state index in [0.29, 0.717) is 0 Å². The van der Waals surface area contributed by atoms with Crippen molar-refractivity contribution < 1.29 is 47.5 Å². The second-order valence-corrected chi connectivity index (χ2v) is 9.89. The molecular formula is C21H36FN4O11P. The molecule has 0 aliphatic rings. The van der Waals surface area contributed by atoms with Crippen molar-refractivity contribution >= 4 is 19.6 Å². The van der Waals surface area contributed by atoms with E-state index in [1.807, 2.05) is 4.98 Å². The first-order valence-electron chi connectivity index (χ1n) is 11.9. The van der Waals surface area contributed by atoms with Crippen LogP contribution >= 0.6 is 7.67 Å². The zero-order valence-electron chi connectivity index (χ0n) is 21.8. The van der Waals surface area contributed by atoms with E-state index < -0.39 is 74.3 Å². The fourth-order valence-corrected chi connectivity index (χ4v) is 4.81. The second kappa shape index (κ2) is 15.2. The number of nitrogens with zero attached hydrogens (tertiary/aromatic N) is 1. The van der Waals surface area contributed by atoms with Gasteiger partial charge in [0.1, 0.15) is 31.0 Å². The SMILES string of the molecule is CCOC(=O)C(C)NP(=O)(NC(C)C(=O)OCC)OCC(F)(O[C@H](CC)n1ccc(=O)[nH]c1=O)[C@@H](O)CO. The van der Waals surface area contributed by atoms with Gasteiger partial charge in [-0.1, -0.05) is 6.92 Å². The molecule has 1 aromatic rings. The van der Waals surface area contributed by atoms with Crippen LogP contribution in [0, 0.1) is 0 Å². The predicted octanol–water partition coefficient (Wildman–Crippen LogP) is -0.312. The fraction of sp³-hybridized carbons (Fsp3) is 0.714. The number of ether oxygens (including phenoxy) is 3. The lowest BCUT2D eigenvalue weighted by Gasteiger charge is -2.35. The Morgan fingerprint density at radius 3 is 2.08 bits per heavy atom. The lowest BCUT2D eigenvalue weighted by molar-refractivity contribution is -0.267. The minimum atomic E-state index is -4.50. The van der Waals surface area contributed by atoms with Crippen LogP contribution in [0.4, 0.5) is 4.39 Å². The summed E-state index contributed by atoms with van der Waals surface area (Å²) >= 11 is 0. The fourth-order valence-electron chi connectivity index (χ4n) is 3.00. The van der Waals surface area contributed by atoms with E-state index in [1.165, 1.54) is 20.8 Å². The smallest absolute Gasteiger partial charge is 0.342 e. The summed E-state index contributed by atoms with van der Waals surface area (Å²) in [5, 5.41) is 24.3. The third kappa shape index (κ3) is 9.69. The van der Waals surface area contributed by atoms with Gasteiger partial charge in [0.15, 0.2) is 0 Å². The molecule has 5 N–H and O–H groups in total. The van der Waals surface area contributed by atoms with Gasteiger partial charge in [0.05, 0.1) is 19.8 Å². The zero-order valence-corrected chi connectivity index (χ0v) is 22.7. The lowest BCUT2D eigenvalue weighted by Crippen LogP contribution is -2.50. The van der Waals surface area contributed by atoms with Crippen LogP contribution in [0.5, 0.6) is 0 Å². The normalized spacial score (nSPS) is 17.9. The Hall–Kier alpha value is -2.46. The van der Waals surface area contributed by atoms with Gasteiger partial charge in [0.2, 0.25) is 0 Å². The van der Waals surface area contributed by atoms with Gasteiger partial charge in [0.25, 0.3) is 11.4 Å². The standard InChI is InChI=1S/C21H36FN4O11P/c1-6-17(26-10-9-16(29)23-20(26)32)37-21(22,15(28)11-27)12-36-38(33,24-13(4)18(30)34-7-2)25-14(5)19(31)35-8-3/h9-10,13-15,17,27-28H,6-8,11-12H2,1-5H3,(H,23,29,32)(H2,24,25,33)/t13?,14?,15-,17+,21?,38?/m0/s1. The number of halogens is 1. The molecule has 0 fully saturated rings. The number of aromatic nitrogens is 2. The molecule has 0 aromatic carbocycles. The van der Waals surface area contributed by atoms with Crippen molar-refractivity contribution in [2.45, 2.75) is 71.3 Å². The van der Waals surface area contributed by atoms with Crippen LogP contribution in [0.15, 0.2) is 21.9 Å². The van der Waals surface area contributed by atoms with Crippen LogP contribution in [0.3, 0.4) is 0 Å². The molecule has 1 heterocycles. The van der Waals surface area contributed by atoms with E-state index in [9.17, 15) is 34.0 Å². The molecule has 0 saturated carbocycles. The number of alkyl halides is 1. The number of carbonyl (C=O) groups is 2. The third-order valence-electron chi connectivity index (χ3n) is 4.96. The van der Waals surface area contributed by atoms with Crippen molar-refractivity contribution in [1.29, 1.82) is 0 Å². The van der Waals surface area contributed by atoms with Crippen LogP contribution in [0.25, 0.3) is 0 Å². The minimum absolute atomic E-state index is 0.00925. The Kier molecular flexibility index (Phi) is 13.4. The van der Waals surface area contributed by atoms with E-state index in [2.05, 4.69) is 10.2 Å². The molecule has 17 heteroatoms. The number of esters is 2. The average Bonchev–Trinajstić information content (AvgIpc) is 2.86. The van der Waals surface area contributed by atoms with Gasteiger partial charge in [-0.3, -0.25) is 33.0 Å². The summed E-state index contributed by atoms with van der Waals surface area (Å²) in [4.78, 5) is 49.7. The Bertz CT molecular complexity index is 1050. The third-order valence-corrected chi connectivity index (χ3v) is 6.91.